The predicted molar refractivity (Wildman–Crippen MR) is 117 cm³/mol. The summed E-state index contributed by atoms with van der Waals surface area (Å²) in [5.41, 5.74) is -0.496. The van der Waals surface area contributed by atoms with Crippen LogP contribution >= 0.6 is 0 Å². The zero-order chi connectivity index (χ0) is 20.7. The van der Waals surface area contributed by atoms with E-state index in [-0.39, 0.29) is 17.5 Å². The summed E-state index contributed by atoms with van der Waals surface area (Å²) in [6, 6.07) is 20.9. The summed E-state index contributed by atoms with van der Waals surface area (Å²) in [6.07, 6.45) is 0.611. The average molecular weight is 412 g/mol. The Bertz CT molecular complexity index is 828. The van der Waals surface area contributed by atoms with Gasteiger partial charge < -0.3 is 9.33 Å². The van der Waals surface area contributed by atoms with E-state index in [1.54, 1.807) is 4.90 Å². The fraction of sp³-hybridized carbons (Fsp3) is 0.458. The minimum Gasteiger partial charge on any atom is -0.405 e. The molecule has 2 aromatic carbocycles. The summed E-state index contributed by atoms with van der Waals surface area (Å²) in [7, 11) is -2.69. The second-order valence-electron chi connectivity index (χ2n) is 9.48. The van der Waals surface area contributed by atoms with Crippen molar-refractivity contribution in [3.8, 4) is 0 Å². The van der Waals surface area contributed by atoms with Crippen LogP contribution in [0.15, 0.2) is 60.7 Å². The summed E-state index contributed by atoms with van der Waals surface area (Å²) in [4.78, 5) is 14.1. The SMILES string of the molecule is CC(C)(C)[Si](OCC12CCC(=O)N1CC(F)C2)(c1ccccc1)c1ccccc1. The Labute approximate surface area is 174 Å². The maximum atomic E-state index is 14.3. The molecule has 2 heterocycles. The van der Waals surface area contributed by atoms with Gasteiger partial charge in [0.2, 0.25) is 5.91 Å². The first-order valence-corrected chi connectivity index (χ1v) is 12.4. The summed E-state index contributed by atoms with van der Waals surface area (Å²) in [5, 5.41) is 2.29. The third-order valence-electron chi connectivity index (χ3n) is 6.63. The molecule has 0 saturated carbocycles. The molecule has 3 nitrogen and oxygen atoms in total. The van der Waals surface area contributed by atoms with E-state index in [0.29, 0.717) is 25.9 Å². The first-order chi connectivity index (χ1) is 13.8. The van der Waals surface area contributed by atoms with Gasteiger partial charge in [-0.25, -0.2) is 4.39 Å². The van der Waals surface area contributed by atoms with Crippen molar-refractivity contribution in [2.45, 2.75) is 56.8 Å². The standard InChI is InChI=1S/C24H30FNO2Si/c1-23(2,3)29(20-10-6-4-7-11-20,21-12-8-5-9-13-21)28-18-24-15-14-22(27)26(24)17-19(25)16-24/h4-13,19H,14-18H2,1-3H3. The largest absolute Gasteiger partial charge is 0.405 e. The van der Waals surface area contributed by atoms with E-state index < -0.39 is 20.0 Å². The number of rotatable bonds is 5. The van der Waals surface area contributed by atoms with Gasteiger partial charge in [-0.15, -0.1) is 0 Å². The topological polar surface area (TPSA) is 29.5 Å². The van der Waals surface area contributed by atoms with Crippen molar-refractivity contribution in [3.63, 3.8) is 0 Å². The number of amides is 1. The highest BCUT2D eigenvalue weighted by Crippen LogP contribution is 2.43. The highest BCUT2D eigenvalue weighted by molar-refractivity contribution is 6.99. The van der Waals surface area contributed by atoms with Gasteiger partial charge in [0.1, 0.15) is 6.17 Å². The Balaban J connectivity index is 1.78. The van der Waals surface area contributed by atoms with Gasteiger partial charge in [-0.1, -0.05) is 81.4 Å². The number of halogens is 1. The van der Waals surface area contributed by atoms with Crippen LogP contribution in [0.2, 0.25) is 5.04 Å². The monoisotopic (exact) mass is 411 g/mol. The molecule has 0 aromatic heterocycles. The van der Waals surface area contributed by atoms with Gasteiger partial charge in [0.25, 0.3) is 8.32 Å². The Morgan fingerprint density at radius 2 is 1.62 bits per heavy atom. The molecule has 2 aromatic rings. The zero-order valence-electron chi connectivity index (χ0n) is 17.5. The summed E-state index contributed by atoms with van der Waals surface area (Å²) in [6.45, 7) is 7.32. The Hall–Kier alpha value is -1.98. The fourth-order valence-electron chi connectivity index (χ4n) is 5.27. The van der Waals surface area contributed by atoms with Crippen LogP contribution in [0.4, 0.5) is 4.39 Å². The van der Waals surface area contributed by atoms with Crippen LogP contribution in [0.25, 0.3) is 0 Å². The summed E-state index contributed by atoms with van der Waals surface area (Å²) < 4.78 is 21.4. The molecule has 2 unspecified atom stereocenters. The predicted octanol–water partition coefficient (Wildman–Crippen LogP) is 3.67. The maximum Gasteiger partial charge on any atom is 0.261 e. The van der Waals surface area contributed by atoms with Crippen LogP contribution in [0.5, 0.6) is 0 Å². The molecular formula is C24H30FNO2Si. The third kappa shape index (κ3) is 3.34. The number of carbonyl (C=O) groups is 1. The first-order valence-electron chi connectivity index (χ1n) is 10.5. The molecule has 2 fully saturated rings. The van der Waals surface area contributed by atoms with Crippen molar-refractivity contribution in [1.82, 2.24) is 4.90 Å². The number of hydrogen-bond acceptors (Lipinski definition) is 2. The van der Waals surface area contributed by atoms with E-state index in [0.717, 1.165) is 0 Å². The number of carbonyl (C=O) groups excluding carboxylic acids is 1. The normalized spacial score (nSPS) is 24.8. The lowest BCUT2D eigenvalue weighted by atomic mass is 9.95. The van der Waals surface area contributed by atoms with Crippen molar-refractivity contribution < 1.29 is 13.6 Å². The number of alkyl halides is 1. The summed E-state index contributed by atoms with van der Waals surface area (Å²) >= 11 is 0. The molecule has 2 aliphatic heterocycles. The van der Waals surface area contributed by atoms with Crippen LogP contribution in [-0.2, 0) is 9.22 Å². The fourth-order valence-corrected chi connectivity index (χ4v) is 9.91. The van der Waals surface area contributed by atoms with E-state index in [1.807, 2.05) is 12.1 Å². The second kappa shape index (κ2) is 7.37. The quantitative estimate of drug-likeness (QED) is 0.703. The van der Waals surface area contributed by atoms with E-state index in [1.165, 1.54) is 10.4 Å². The average Bonchev–Trinajstić information content (AvgIpc) is 3.18. The van der Waals surface area contributed by atoms with Gasteiger partial charge in [-0.2, -0.15) is 0 Å². The van der Waals surface area contributed by atoms with Gasteiger partial charge in [0.05, 0.1) is 18.7 Å². The molecular weight excluding hydrogens is 381 g/mol. The lowest BCUT2D eigenvalue weighted by Crippen LogP contribution is -2.68. The lowest BCUT2D eigenvalue weighted by Gasteiger charge is -2.45. The van der Waals surface area contributed by atoms with E-state index in [9.17, 15) is 9.18 Å². The molecule has 0 N–H and O–H groups in total. The molecule has 29 heavy (non-hydrogen) atoms. The van der Waals surface area contributed by atoms with Crippen molar-refractivity contribution in [2.24, 2.45) is 0 Å². The van der Waals surface area contributed by atoms with Crippen molar-refractivity contribution in [2.75, 3.05) is 13.2 Å². The van der Waals surface area contributed by atoms with E-state index in [2.05, 4.69) is 69.3 Å². The van der Waals surface area contributed by atoms with Crippen LogP contribution in [0, 0.1) is 0 Å². The molecule has 0 spiro atoms. The molecule has 0 bridgehead atoms. The second-order valence-corrected chi connectivity index (χ2v) is 13.8. The molecule has 0 radical (unpaired) electrons. The molecule has 154 valence electrons. The number of benzene rings is 2. The molecule has 2 atom stereocenters. The van der Waals surface area contributed by atoms with Crippen molar-refractivity contribution in [3.05, 3.63) is 60.7 Å². The van der Waals surface area contributed by atoms with Gasteiger partial charge in [-0.3, -0.25) is 4.79 Å². The maximum absolute atomic E-state index is 14.3. The lowest BCUT2D eigenvalue weighted by molar-refractivity contribution is -0.130. The number of hydrogen-bond donors (Lipinski definition) is 0. The molecule has 1 amide bonds. The Kier molecular flexibility index (Phi) is 5.16. The van der Waals surface area contributed by atoms with Crippen LogP contribution < -0.4 is 10.4 Å². The molecule has 4 rings (SSSR count). The molecule has 2 saturated heterocycles. The van der Waals surface area contributed by atoms with E-state index in [4.69, 9.17) is 4.43 Å². The van der Waals surface area contributed by atoms with Crippen LogP contribution in [-0.4, -0.2) is 44.0 Å². The highest BCUT2D eigenvalue weighted by Gasteiger charge is 2.56. The van der Waals surface area contributed by atoms with E-state index >= 15 is 0 Å². The molecule has 0 aliphatic carbocycles. The van der Waals surface area contributed by atoms with Gasteiger partial charge in [-0.05, 0) is 21.8 Å². The van der Waals surface area contributed by atoms with Crippen molar-refractivity contribution in [1.29, 1.82) is 0 Å². The van der Waals surface area contributed by atoms with Gasteiger partial charge >= 0.3 is 0 Å². The Morgan fingerprint density at radius 1 is 1.07 bits per heavy atom. The zero-order valence-corrected chi connectivity index (χ0v) is 18.5. The van der Waals surface area contributed by atoms with Crippen molar-refractivity contribution >= 4 is 24.6 Å². The van der Waals surface area contributed by atoms with Gasteiger partial charge in [0, 0.05) is 12.8 Å². The van der Waals surface area contributed by atoms with Crippen LogP contribution in [0.1, 0.15) is 40.0 Å². The first kappa shape index (κ1) is 20.3. The molecule has 2 aliphatic rings. The third-order valence-corrected chi connectivity index (χ3v) is 11.6. The van der Waals surface area contributed by atoms with Crippen LogP contribution in [0.3, 0.4) is 0 Å². The summed E-state index contributed by atoms with van der Waals surface area (Å²) in [5.74, 6) is 0.0659. The number of nitrogens with zero attached hydrogens (tertiary/aromatic N) is 1. The highest BCUT2D eigenvalue weighted by atomic mass is 28.4. The molecule has 5 heteroatoms. The minimum atomic E-state index is -2.69. The Morgan fingerprint density at radius 3 is 2.14 bits per heavy atom. The smallest absolute Gasteiger partial charge is 0.261 e. The van der Waals surface area contributed by atoms with Gasteiger partial charge in [0.15, 0.2) is 0 Å². The number of fused-ring (bicyclic) bond motifs is 1. The minimum absolute atomic E-state index is 0.0659.